The number of likely N-dealkylation sites (N-methyl/N-ethyl adjacent to an activating group) is 1. The van der Waals surface area contributed by atoms with Crippen molar-refractivity contribution in [2.24, 2.45) is 0 Å². The molecule has 0 aromatic heterocycles. The van der Waals surface area contributed by atoms with E-state index in [9.17, 15) is 14.7 Å². The van der Waals surface area contributed by atoms with Crippen LogP contribution in [0.2, 0.25) is 0 Å². The molecule has 0 bridgehead atoms. The van der Waals surface area contributed by atoms with Gasteiger partial charge >= 0.3 is 11.9 Å². The molecule has 2 rings (SSSR count). The number of carboxylic acids is 1. The van der Waals surface area contributed by atoms with Gasteiger partial charge in [-0.05, 0) is 30.2 Å². The Morgan fingerprint density at radius 2 is 1.91 bits per heavy atom. The Kier molecular flexibility index (Phi) is 5.31. The number of benzene rings is 2. The normalized spacial score (nSPS) is 12.3. The van der Waals surface area contributed by atoms with E-state index < -0.39 is 24.6 Å². The van der Waals surface area contributed by atoms with Crippen molar-refractivity contribution in [3.8, 4) is 0 Å². The van der Waals surface area contributed by atoms with Crippen LogP contribution in [-0.4, -0.2) is 46.4 Å². The number of aliphatic carboxylic acids is 1. The molecule has 2 aromatic rings. The third kappa shape index (κ3) is 3.49. The molecule has 2 N–H and O–H groups in total. The zero-order valence-corrected chi connectivity index (χ0v) is 13.0. The van der Waals surface area contributed by atoms with Gasteiger partial charge in [0.1, 0.15) is 0 Å². The van der Waals surface area contributed by atoms with E-state index in [4.69, 9.17) is 9.94 Å². The molecule has 1 atom stereocenters. The Morgan fingerprint density at radius 3 is 2.52 bits per heavy atom. The molecule has 6 nitrogen and oxygen atoms in total. The van der Waals surface area contributed by atoms with E-state index in [0.29, 0.717) is 5.56 Å². The summed E-state index contributed by atoms with van der Waals surface area (Å²) in [6, 6.07) is 9.83. The van der Waals surface area contributed by atoms with Crippen molar-refractivity contribution in [3.63, 3.8) is 0 Å². The lowest BCUT2D eigenvalue weighted by atomic mass is 10.00. The topological polar surface area (TPSA) is 87.1 Å². The fraction of sp³-hybridized carbons (Fsp3) is 0.294. The van der Waals surface area contributed by atoms with Crippen molar-refractivity contribution in [1.82, 2.24) is 5.06 Å². The largest absolute Gasteiger partial charge is 0.480 e. The number of nitrogens with zero attached hydrogens (tertiary/aromatic N) is 1. The lowest BCUT2D eigenvalue weighted by molar-refractivity contribution is -0.175. The molecule has 0 amide bonds. The van der Waals surface area contributed by atoms with Crippen LogP contribution in [0.4, 0.5) is 0 Å². The van der Waals surface area contributed by atoms with E-state index in [2.05, 4.69) is 0 Å². The third-order valence-corrected chi connectivity index (χ3v) is 3.66. The molecule has 0 aliphatic rings. The molecular formula is C17H19NO5. The summed E-state index contributed by atoms with van der Waals surface area (Å²) >= 11 is 0. The van der Waals surface area contributed by atoms with Crippen LogP contribution < -0.4 is 0 Å². The molecule has 122 valence electrons. The molecule has 23 heavy (non-hydrogen) atoms. The quantitative estimate of drug-likeness (QED) is 0.792. The first-order valence-corrected chi connectivity index (χ1v) is 7.30. The van der Waals surface area contributed by atoms with Gasteiger partial charge in [-0.3, -0.25) is 4.79 Å². The first kappa shape index (κ1) is 16.9. The molecular weight excluding hydrogens is 298 g/mol. The van der Waals surface area contributed by atoms with Crippen LogP contribution in [0.1, 0.15) is 22.8 Å². The number of carbonyl (C=O) groups excluding carboxylic acids is 1. The minimum atomic E-state index is -1.29. The van der Waals surface area contributed by atoms with E-state index in [0.717, 1.165) is 21.4 Å². The predicted octanol–water partition coefficient (Wildman–Crippen LogP) is 1.99. The van der Waals surface area contributed by atoms with Gasteiger partial charge in [-0.2, -0.15) is 0 Å². The number of aliphatic hydroxyl groups excluding tert-OH is 1. The lowest BCUT2D eigenvalue weighted by Gasteiger charge is -2.25. The van der Waals surface area contributed by atoms with Crippen molar-refractivity contribution < 1.29 is 24.6 Å². The summed E-state index contributed by atoms with van der Waals surface area (Å²) in [7, 11) is 0. The Morgan fingerprint density at radius 1 is 1.22 bits per heavy atom. The predicted molar refractivity (Wildman–Crippen MR) is 85.0 cm³/mol. The minimum Gasteiger partial charge on any atom is -0.480 e. The summed E-state index contributed by atoms with van der Waals surface area (Å²) < 4.78 is 0. The highest BCUT2D eigenvalue weighted by Gasteiger charge is 2.28. The van der Waals surface area contributed by atoms with E-state index in [1.165, 1.54) is 0 Å². The van der Waals surface area contributed by atoms with E-state index >= 15 is 0 Å². The Bertz CT molecular complexity index is 728. The number of hydrogen-bond acceptors (Lipinski definition) is 5. The summed E-state index contributed by atoms with van der Waals surface area (Å²) in [6.45, 7) is 2.94. The van der Waals surface area contributed by atoms with Gasteiger partial charge in [-0.15, -0.1) is 5.06 Å². The van der Waals surface area contributed by atoms with Gasteiger partial charge in [-0.25, -0.2) is 4.79 Å². The van der Waals surface area contributed by atoms with Gasteiger partial charge in [0.25, 0.3) is 0 Å². The lowest BCUT2D eigenvalue weighted by Crippen LogP contribution is -2.44. The molecule has 0 aliphatic heterocycles. The van der Waals surface area contributed by atoms with Gasteiger partial charge in [0.2, 0.25) is 0 Å². The zero-order valence-electron chi connectivity index (χ0n) is 13.0. The highest BCUT2D eigenvalue weighted by atomic mass is 16.7. The van der Waals surface area contributed by atoms with Crippen molar-refractivity contribution in [2.45, 2.75) is 19.9 Å². The second-order valence-electron chi connectivity index (χ2n) is 5.13. The monoisotopic (exact) mass is 317 g/mol. The van der Waals surface area contributed by atoms with Crippen LogP contribution in [0.3, 0.4) is 0 Å². The molecule has 2 aromatic carbocycles. The fourth-order valence-electron chi connectivity index (χ4n) is 2.44. The number of aliphatic hydroxyl groups is 1. The number of hydroxylamine groups is 2. The fourth-order valence-corrected chi connectivity index (χ4v) is 2.44. The number of carboxylic acid groups (broad SMARTS) is 1. The van der Waals surface area contributed by atoms with Crippen LogP contribution in [-0.2, 0) is 9.63 Å². The molecule has 0 spiro atoms. The first-order chi connectivity index (χ1) is 11.0. The van der Waals surface area contributed by atoms with E-state index in [-0.39, 0.29) is 6.54 Å². The van der Waals surface area contributed by atoms with Crippen LogP contribution >= 0.6 is 0 Å². The zero-order chi connectivity index (χ0) is 17.0. The second kappa shape index (κ2) is 7.21. The Hall–Kier alpha value is -2.44. The van der Waals surface area contributed by atoms with E-state index in [1.807, 2.05) is 36.4 Å². The number of aryl methyl sites for hydroxylation is 1. The molecule has 0 radical (unpaired) electrons. The van der Waals surface area contributed by atoms with Crippen LogP contribution in [0, 0.1) is 6.92 Å². The summed E-state index contributed by atoms with van der Waals surface area (Å²) in [5.74, 6) is -1.89. The molecule has 0 fully saturated rings. The average Bonchev–Trinajstić information content (AvgIpc) is 2.53. The third-order valence-electron chi connectivity index (χ3n) is 3.66. The van der Waals surface area contributed by atoms with Crippen molar-refractivity contribution in [1.29, 1.82) is 0 Å². The number of fused-ring (bicyclic) bond motifs is 1. The number of carbonyl (C=O) groups is 2. The summed E-state index contributed by atoms with van der Waals surface area (Å²) in [6.07, 6.45) is 0. The second-order valence-corrected chi connectivity index (χ2v) is 5.13. The number of rotatable bonds is 6. The average molecular weight is 317 g/mol. The number of hydrogen-bond donors (Lipinski definition) is 2. The summed E-state index contributed by atoms with van der Waals surface area (Å²) in [5.41, 5.74) is 1.13. The molecule has 0 saturated heterocycles. The Balaban J connectivity index is 2.37. The minimum absolute atomic E-state index is 0.146. The van der Waals surface area contributed by atoms with Gasteiger partial charge < -0.3 is 15.1 Å². The Labute approximate surface area is 133 Å². The van der Waals surface area contributed by atoms with E-state index in [1.54, 1.807) is 13.8 Å². The molecule has 0 unspecified atom stereocenters. The maximum Gasteiger partial charge on any atom is 0.357 e. The standard InChI is InChI=1S/C17H19NO5/c1-3-18(14(10-19)16(20)21)23-17(22)15-11(2)8-9-12-6-4-5-7-13(12)15/h4-9,14,19H,3,10H2,1-2H3,(H,20,21)/t14-/m0/s1. The maximum atomic E-state index is 12.6. The highest BCUT2D eigenvalue weighted by Crippen LogP contribution is 2.23. The van der Waals surface area contributed by atoms with Gasteiger partial charge in [-0.1, -0.05) is 36.4 Å². The van der Waals surface area contributed by atoms with Crippen LogP contribution in [0.25, 0.3) is 10.8 Å². The van der Waals surface area contributed by atoms with Gasteiger partial charge in [0, 0.05) is 6.54 Å². The smallest absolute Gasteiger partial charge is 0.357 e. The van der Waals surface area contributed by atoms with Gasteiger partial charge in [0.05, 0.1) is 12.2 Å². The molecule has 0 aliphatic carbocycles. The van der Waals surface area contributed by atoms with Crippen molar-refractivity contribution >= 4 is 22.7 Å². The summed E-state index contributed by atoms with van der Waals surface area (Å²) in [4.78, 5) is 28.9. The molecule has 6 heteroatoms. The van der Waals surface area contributed by atoms with Crippen LogP contribution in [0.5, 0.6) is 0 Å². The van der Waals surface area contributed by atoms with Crippen molar-refractivity contribution in [2.75, 3.05) is 13.2 Å². The van der Waals surface area contributed by atoms with Gasteiger partial charge in [0.15, 0.2) is 6.04 Å². The first-order valence-electron chi connectivity index (χ1n) is 7.30. The SMILES string of the molecule is CCN(OC(=O)c1c(C)ccc2ccccc12)[C@@H](CO)C(=O)O. The van der Waals surface area contributed by atoms with Crippen molar-refractivity contribution in [3.05, 3.63) is 47.5 Å². The molecule has 0 saturated carbocycles. The highest BCUT2D eigenvalue weighted by molar-refractivity contribution is 6.05. The summed E-state index contributed by atoms with van der Waals surface area (Å²) in [5, 5.41) is 20.9. The maximum absolute atomic E-state index is 12.6. The molecule has 0 heterocycles. The van der Waals surface area contributed by atoms with Crippen LogP contribution in [0.15, 0.2) is 36.4 Å².